The van der Waals surface area contributed by atoms with E-state index in [2.05, 4.69) is 24.2 Å². The highest BCUT2D eigenvalue weighted by Crippen LogP contribution is 2.26. The van der Waals surface area contributed by atoms with Gasteiger partial charge in [-0.3, -0.25) is 4.79 Å². The largest absolute Gasteiger partial charge is 0.368 e. The molecule has 100 valence electrons. The lowest BCUT2D eigenvalue weighted by Crippen LogP contribution is -2.43. The van der Waals surface area contributed by atoms with Crippen molar-refractivity contribution in [3.05, 3.63) is 0 Å². The van der Waals surface area contributed by atoms with Crippen molar-refractivity contribution in [2.24, 2.45) is 11.7 Å². The SMILES string of the molecule is CNC(CCN(C)C1CCC(C)CC1)C(N)=O. The van der Waals surface area contributed by atoms with Gasteiger partial charge in [0.1, 0.15) is 0 Å². The van der Waals surface area contributed by atoms with Gasteiger partial charge in [-0.15, -0.1) is 0 Å². The van der Waals surface area contributed by atoms with Crippen molar-refractivity contribution >= 4 is 5.91 Å². The molecule has 1 rings (SSSR count). The molecule has 0 aromatic heterocycles. The first kappa shape index (κ1) is 14.5. The molecule has 1 aliphatic carbocycles. The molecule has 4 heteroatoms. The predicted molar refractivity (Wildman–Crippen MR) is 70.7 cm³/mol. The summed E-state index contributed by atoms with van der Waals surface area (Å²) >= 11 is 0. The van der Waals surface area contributed by atoms with Gasteiger partial charge in [0.15, 0.2) is 0 Å². The summed E-state index contributed by atoms with van der Waals surface area (Å²) in [6.07, 6.45) is 6.05. The molecule has 0 spiro atoms. The average Bonchev–Trinajstić information content (AvgIpc) is 2.30. The number of amides is 1. The van der Waals surface area contributed by atoms with Gasteiger partial charge in [0.25, 0.3) is 0 Å². The zero-order valence-electron chi connectivity index (χ0n) is 11.4. The Bertz CT molecular complexity index is 237. The smallest absolute Gasteiger partial charge is 0.234 e. The summed E-state index contributed by atoms with van der Waals surface area (Å²) in [5.41, 5.74) is 5.31. The molecular weight excluding hydrogens is 214 g/mol. The Kier molecular flexibility index (Phi) is 5.92. The first-order valence-electron chi connectivity index (χ1n) is 6.71. The molecule has 1 aliphatic rings. The van der Waals surface area contributed by atoms with E-state index in [-0.39, 0.29) is 11.9 Å². The van der Waals surface area contributed by atoms with Crippen LogP contribution in [0.2, 0.25) is 0 Å². The number of hydrogen-bond acceptors (Lipinski definition) is 3. The minimum atomic E-state index is -0.252. The van der Waals surface area contributed by atoms with Gasteiger partial charge in [-0.2, -0.15) is 0 Å². The molecule has 3 N–H and O–H groups in total. The maximum atomic E-state index is 11.1. The van der Waals surface area contributed by atoms with Gasteiger partial charge >= 0.3 is 0 Å². The summed E-state index contributed by atoms with van der Waals surface area (Å²) in [5.74, 6) is 0.633. The van der Waals surface area contributed by atoms with E-state index in [1.54, 1.807) is 7.05 Å². The number of rotatable bonds is 6. The van der Waals surface area contributed by atoms with Crippen LogP contribution in [0.15, 0.2) is 0 Å². The lowest BCUT2D eigenvalue weighted by atomic mass is 9.86. The van der Waals surface area contributed by atoms with Crippen LogP contribution in [0, 0.1) is 5.92 Å². The normalized spacial score (nSPS) is 27.1. The fourth-order valence-corrected chi connectivity index (χ4v) is 2.63. The van der Waals surface area contributed by atoms with Gasteiger partial charge in [0, 0.05) is 12.6 Å². The number of nitrogens with two attached hydrogens (primary N) is 1. The molecule has 0 saturated heterocycles. The number of carbonyl (C=O) groups is 1. The Morgan fingerprint density at radius 3 is 2.47 bits per heavy atom. The number of primary amides is 1. The molecule has 1 amide bonds. The highest BCUT2D eigenvalue weighted by molar-refractivity contribution is 5.79. The second-order valence-electron chi connectivity index (χ2n) is 5.43. The quantitative estimate of drug-likeness (QED) is 0.728. The van der Waals surface area contributed by atoms with Crippen molar-refractivity contribution in [3.63, 3.8) is 0 Å². The molecule has 4 nitrogen and oxygen atoms in total. The number of carbonyl (C=O) groups excluding carboxylic acids is 1. The van der Waals surface area contributed by atoms with Crippen LogP contribution in [0.3, 0.4) is 0 Å². The highest BCUT2D eigenvalue weighted by atomic mass is 16.1. The monoisotopic (exact) mass is 241 g/mol. The summed E-state index contributed by atoms with van der Waals surface area (Å²) in [5, 5.41) is 2.97. The topological polar surface area (TPSA) is 58.4 Å². The summed E-state index contributed by atoms with van der Waals surface area (Å²) in [4.78, 5) is 13.5. The fourth-order valence-electron chi connectivity index (χ4n) is 2.63. The second-order valence-corrected chi connectivity index (χ2v) is 5.43. The predicted octanol–water partition coefficient (Wildman–Crippen LogP) is 0.960. The number of likely N-dealkylation sites (N-methyl/N-ethyl adjacent to an activating group) is 1. The lowest BCUT2D eigenvalue weighted by Gasteiger charge is -2.34. The van der Waals surface area contributed by atoms with E-state index < -0.39 is 0 Å². The van der Waals surface area contributed by atoms with Gasteiger partial charge in [-0.05, 0) is 52.1 Å². The molecule has 0 aromatic rings. The Labute approximate surface area is 105 Å². The number of hydrogen-bond donors (Lipinski definition) is 2. The summed E-state index contributed by atoms with van der Waals surface area (Å²) in [6.45, 7) is 3.27. The van der Waals surface area contributed by atoms with Gasteiger partial charge < -0.3 is 16.0 Å². The molecule has 1 atom stereocenters. The number of nitrogens with zero attached hydrogens (tertiary/aromatic N) is 1. The molecular formula is C13H27N3O. The zero-order chi connectivity index (χ0) is 12.8. The van der Waals surface area contributed by atoms with Crippen LogP contribution < -0.4 is 11.1 Å². The van der Waals surface area contributed by atoms with Crippen molar-refractivity contribution in [2.45, 2.75) is 51.1 Å². The molecule has 1 saturated carbocycles. The van der Waals surface area contributed by atoms with Gasteiger partial charge in [0.2, 0.25) is 5.91 Å². The standard InChI is InChI=1S/C13H27N3O/c1-10-4-6-11(7-5-10)16(3)9-8-12(15-2)13(14)17/h10-12,15H,4-9H2,1-3H3,(H2,14,17). The van der Waals surface area contributed by atoms with Crippen molar-refractivity contribution in [1.29, 1.82) is 0 Å². The molecule has 0 bridgehead atoms. The Morgan fingerprint density at radius 1 is 1.41 bits per heavy atom. The van der Waals surface area contributed by atoms with Gasteiger partial charge in [-0.1, -0.05) is 6.92 Å². The third-order valence-corrected chi connectivity index (χ3v) is 4.07. The van der Waals surface area contributed by atoms with Gasteiger partial charge in [-0.25, -0.2) is 0 Å². The van der Waals surface area contributed by atoms with Crippen LogP contribution in [0.1, 0.15) is 39.0 Å². The summed E-state index contributed by atoms with van der Waals surface area (Å²) in [7, 11) is 3.95. The first-order chi connectivity index (χ1) is 8.04. The summed E-state index contributed by atoms with van der Waals surface area (Å²) < 4.78 is 0. The molecule has 1 unspecified atom stereocenters. The Hall–Kier alpha value is -0.610. The van der Waals surface area contributed by atoms with E-state index in [1.807, 2.05) is 0 Å². The van der Waals surface area contributed by atoms with E-state index in [1.165, 1.54) is 25.7 Å². The van der Waals surface area contributed by atoms with E-state index in [4.69, 9.17) is 5.73 Å². The lowest BCUT2D eigenvalue weighted by molar-refractivity contribution is -0.120. The van der Waals surface area contributed by atoms with Crippen LogP contribution in [-0.4, -0.2) is 43.5 Å². The molecule has 17 heavy (non-hydrogen) atoms. The minimum Gasteiger partial charge on any atom is -0.368 e. The molecule has 0 aromatic carbocycles. The molecule has 0 aliphatic heterocycles. The third-order valence-electron chi connectivity index (χ3n) is 4.07. The Morgan fingerprint density at radius 2 is 2.00 bits per heavy atom. The maximum Gasteiger partial charge on any atom is 0.234 e. The molecule has 0 heterocycles. The minimum absolute atomic E-state index is 0.194. The first-order valence-corrected chi connectivity index (χ1v) is 6.71. The van der Waals surface area contributed by atoms with Crippen LogP contribution >= 0.6 is 0 Å². The van der Waals surface area contributed by atoms with Crippen LogP contribution in [0.25, 0.3) is 0 Å². The van der Waals surface area contributed by atoms with E-state index in [9.17, 15) is 4.79 Å². The van der Waals surface area contributed by atoms with Crippen molar-refractivity contribution < 1.29 is 4.79 Å². The van der Waals surface area contributed by atoms with Crippen molar-refractivity contribution in [2.75, 3.05) is 20.6 Å². The maximum absolute atomic E-state index is 11.1. The van der Waals surface area contributed by atoms with Crippen molar-refractivity contribution in [1.82, 2.24) is 10.2 Å². The van der Waals surface area contributed by atoms with E-state index >= 15 is 0 Å². The van der Waals surface area contributed by atoms with E-state index in [0.717, 1.165) is 18.9 Å². The second kappa shape index (κ2) is 6.97. The third kappa shape index (κ3) is 4.64. The van der Waals surface area contributed by atoms with Crippen LogP contribution in [0.5, 0.6) is 0 Å². The average molecular weight is 241 g/mol. The molecule has 0 radical (unpaired) electrons. The van der Waals surface area contributed by atoms with E-state index in [0.29, 0.717) is 6.04 Å². The van der Waals surface area contributed by atoms with Gasteiger partial charge in [0.05, 0.1) is 6.04 Å². The molecule has 1 fully saturated rings. The zero-order valence-corrected chi connectivity index (χ0v) is 11.4. The van der Waals surface area contributed by atoms with Crippen LogP contribution in [0.4, 0.5) is 0 Å². The van der Waals surface area contributed by atoms with Crippen molar-refractivity contribution in [3.8, 4) is 0 Å². The highest BCUT2D eigenvalue weighted by Gasteiger charge is 2.22. The van der Waals surface area contributed by atoms with Crippen LogP contribution in [-0.2, 0) is 4.79 Å². The Balaban J connectivity index is 2.29. The summed E-state index contributed by atoms with van der Waals surface area (Å²) in [6, 6.07) is 0.497. The number of nitrogens with one attached hydrogen (secondary N) is 1. The fraction of sp³-hybridized carbons (Fsp3) is 0.923.